The molecule has 0 saturated heterocycles. The Kier molecular flexibility index (Phi) is 4.70. The summed E-state index contributed by atoms with van der Waals surface area (Å²) in [5.41, 5.74) is 2.80. The number of carbonyl (C=O) groups is 3. The lowest BCUT2D eigenvalue weighted by atomic mass is 10.0. The van der Waals surface area contributed by atoms with Gasteiger partial charge >= 0.3 is 11.9 Å². The van der Waals surface area contributed by atoms with Crippen LogP contribution in [0.2, 0.25) is 0 Å². The Morgan fingerprint density at radius 3 is 2.27 bits per heavy atom. The van der Waals surface area contributed by atoms with Gasteiger partial charge in [0, 0.05) is 11.7 Å². The summed E-state index contributed by atoms with van der Waals surface area (Å²) in [6.07, 6.45) is 1.77. The number of hydrogen-bond donors (Lipinski definition) is 3. The third-order valence-electron chi connectivity index (χ3n) is 3.99. The Labute approximate surface area is 148 Å². The molecule has 7 heteroatoms. The first-order valence-corrected chi connectivity index (χ1v) is 7.85. The summed E-state index contributed by atoms with van der Waals surface area (Å²) >= 11 is 0. The maximum absolute atomic E-state index is 11.9. The smallest absolute Gasteiger partial charge is 0.335 e. The van der Waals surface area contributed by atoms with Crippen molar-refractivity contribution in [2.75, 3.05) is 6.54 Å². The Bertz CT molecular complexity index is 989. The lowest BCUT2D eigenvalue weighted by Crippen LogP contribution is -2.31. The van der Waals surface area contributed by atoms with Gasteiger partial charge in [0.25, 0.3) is 0 Å². The van der Waals surface area contributed by atoms with Gasteiger partial charge in [-0.15, -0.1) is 0 Å². The summed E-state index contributed by atoms with van der Waals surface area (Å²) in [6, 6.07) is 14.2. The van der Waals surface area contributed by atoms with Crippen LogP contribution in [0.25, 0.3) is 22.0 Å². The van der Waals surface area contributed by atoms with Crippen LogP contribution in [0.5, 0.6) is 0 Å². The fourth-order valence-corrected chi connectivity index (χ4v) is 2.69. The van der Waals surface area contributed by atoms with E-state index in [4.69, 9.17) is 10.2 Å². The number of aromatic nitrogens is 1. The third-order valence-corrected chi connectivity index (χ3v) is 3.99. The van der Waals surface area contributed by atoms with Gasteiger partial charge in [0.2, 0.25) is 5.91 Å². The average molecular weight is 352 g/mol. The summed E-state index contributed by atoms with van der Waals surface area (Å²) < 4.78 is 1.74. The molecule has 2 aromatic carbocycles. The van der Waals surface area contributed by atoms with Gasteiger partial charge in [-0.25, -0.2) is 4.79 Å². The molecule has 1 heterocycles. The number of hydrogen-bond acceptors (Lipinski definition) is 3. The van der Waals surface area contributed by atoms with Crippen LogP contribution in [0, 0.1) is 0 Å². The van der Waals surface area contributed by atoms with E-state index in [-0.39, 0.29) is 18.0 Å². The summed E-state index contributed by atoms with van der Waals surface area (Å²) in [7, 11) is 0. The molecule has 0 bridgehead atoms. The Hall–Kier alpha value is -3.61. The van der Waals surface area contributed by atoms with Crippen molar-refractivity contribution < 1.29 is 24.6 Å². The molecule has 0 aliphatic heterocycles. The van der Waals surface area contributed by atoms with E-state index in [1.54, 1.807) is 35.0 Å². The maximum Gasteiger partial charge on any atom is 0.335 e. The molecule has 0 atom stereocenters. The lowest BCUT2D eigenvalue weighted by Gasteiger charge is -2.08. The molecular formula is C19H16N2O5. The number of benzene rings is 2. The molecule has 0 fully saturated rings. The number of carboxylic acid groups (broad SMARTS) is 2. The molecule has 0 radical (unpaired) electrons. The zero-order valence-corrected chi connectivity index (χ0v) is 13.7. The largest absolute Gasteiger partial charge is 0.480 e. The van der Waals surface area contributed by atoms with E-state index in [0.717, 1.165) is 22.0 Å². The number of carboxylic acids is 2. The van der Waals surface area contributed by atoms with Crippen molar-refractivity contribution in [2.24, 2.45) is 0 Å². The molecule has 3 rings (SSSR count). The highest BCUT2D eigenvalue weighted by molar-refractivity contribution is 5.90. The number of aromatic carboxylic acids is 1. The molecule has 26 heavy (non-hydrogen) atoms. The van der Waals surface area contributed by atoms with Gasteiger partial charge in [-0.2, -0.15) is 0 Å². The molecule has 0 aliphatic rings. The molecule has 0 saturated carbocycles. The van der Waals surface area contributed by atoms with Gasteiger partial charge in [0.1, 0.15) is 13.1 Å². The van der Waals surface area contributed by atoms with Crippen LogP contribution < -0.4 is 5.32 Å². The molecule has 0 unspecified atom stereocenters. The van der Waals surface area contributed by atoms with Crippen molar-refractivity contribution in [1.29, 1.82) is 0 Å². The minimum absolute atomic E-state index is 0.0121. The molecule has 0 aliphatic carbocycles. The minimum Gasteiger partial charge on any atom is -0.480 e. The maximum atomic E-state index is 11.9. The van der Waals surface area contributed by atoms with Crippen molar-refractivity contribution in [2.45, 2.75) is 6.54 Å². The van der Waals surface area contributed by atoms with Gasteiger partial charge in [-0.05, 0) is 40.8 Å². The van der Waals surface area contributed by atoms with Gasteiger partial charge < -0.3 is 20.1 Å². The number of fused-ring (bicyclic) bond motifs is 1. The van der Waals surface area contributed by atoms with E-state index < -0.39 is 18.5 Å². The highest BCUT2D eigenvalue weighted by atomic mass is 16.4. The molecular weight excluding hydrogens is 336 g/mol. The van der Waals surface area contributed by atoms with Crippen LogP contribution in [0.1, 0.15) is 10.4 Å². The Balaban J connectivity index is 1.86. The Morgan fingerprint density at radius 1 is 0.923 bits per heavy atom. The van der Waals surface area contributed by atoms with E-state index in [0.29, 0.717) is 0 Å². The van der Waals surface area contributed by atoms with Gasteiger partial charge in [-0.1, -0.05) is 24.3 Å². The van der Waals surface area contributed by atoms with Gasteiger partial charge in [0.15, 0.2) is 0 Å². The standard InChI is InChI=1S/C19H16N2O5/c22-17(20-10-18(23)24)11-21-8-7-13-3-6-15(9-16(13)21)12-1-4-14(5-2-12)19(25)26/h1-9H,10-11H2,(H,20,22)(H,23,24)(H,25,26). The normalized spacial score (nSPS) is 10.6. The van der Waals surface area contributed by atoms with E-state index >= 15 is 0 Å². The SMILES string of the molecule is O=C(O)CNC(=O)Cn1ccc2ccc(-c3ccc(C(=O)O)cc3)cc21. The molecule has 7 nitrogen and oxygen atoms in total. The number of rotatable bonds is 6. The molecule has 0 spiro atoms. The highest BCUT2D eigenvalue weighted by Crippen LogP contribution is 2.25. The van der Waals surface area contributed by atoms with Crippen molar-refractivity contribution in [3.63, 3.8) is 0 Å². The second kappa shape index (κ2) is 7.10. The molecule has 1 aromatic heterocycles. The Morgan fingerprint density at radius 2 is 1.62 bits per heavy atom. The van der Waals surface area contributed by atoms with Crippen molar-refractivity contribution >= 4 is 28.7 Å². The van der Waals surface area contributed by atoms with Crippen LogP contribution in [0.4, 0.5) is 0 Å². The fourth-order valence-electron chi connectivity index (χ4n) is 2.69. The van der Waals surface area contributed by atoms with Crippen LogP contribution in [0.3, 0.4) is 0 Å². The number of aliphatic carboxylic acids is 1. The van der Waals surface area contributed by atoms with Crippen molar-refractivity contribution in [1.82, 2.24) is 9.88 Å². The van der Waals surface area contributed by atoms with Crippen LogP contribution in [-0.2, 0) is 16.1 Å². The van der Waals surface area contributed by atoms with Gasteiger partial charge in [-0.3, -0.25) is 9.59 Å². The highest BCUT2D eigenvalue weighted by Gasteiger charge is 2.09. The zero-order chi connectivity index (χ0) is 18.7. The van der Waals surface area contributed by atoms with Crippen LogP contribution in [-0.4, -0.2) is 39.2 Å². The zero-order valence-electron chi connectivity index (χ0n) is 13.7. The summed E-state index contributed by atoms with van der Waals surface area (Å²) in [5.74, 6) is -2.46. The second-order valence-electron chi connectivity index (χ2n) is 5.77. The minimum atomic E-state index is -1.09. The molecule has 3 N–H and O–H groups in total. The number of nitrogens with zero attached hydrogens (tertiary/aromatic N) is 1. The predicted octanol–water partition coefficient (Wildman–Crippen LogP) is 2.21. The molecule has 1 amide bonds. The lowest BCUT2D eigenvalue weighted by molar-refractivity contribution is -0.138. The van der Waals surface area contributed by atoms with E-state index in [2.05, 4.69) is 5.32 Å². The van der Waals surface area contributed by atoms with Crippen molar-refractivity contribution in [3.8, 4) is 11.1 Å². The topological polar surface area (TPSA) is 109 Å². The third kappa shape index (κ3) is 3.72. The van der Waals surface area contributed by atoms with Crippen LogP contribution in [0.15, 0.2) is 54.7 Å². The molecule has 3 aromatic rings. The second-order valence-corrected chi connectivity index (χ2v) is 5.77. The predicted molar refractivity (Wildman–Crippen MR) is 95.0 cm³/mol. The molecule has 132 valence electrons. The average Bonchev–Trinajstić information content (AvgIpc) is 3.02. The fraction of sp³-hybridized carbons (Fsp3) is 0.105. The summed E-state index contributed by atoms with van der Waals surface area (Å²) in [4.78, 5) is 33.3. The quantitative estimate of drug-likeness (QED) is 0.630. The first kappa shape index (κ1) is 17.2. The van der Waals surface area contributed by atoms with Crippen LogP contribution >= 0.6 is 0 Å². The monoisotopic (exact) mass is 352 g/mol. The van der Waals surface area contributed by atoms with E-state index in [1.165, 1.54) is 0 Å². The summed E-state index contributed by atoms with van der Waals surface area (Å²) in [6.45, 7) is -0.405. The first-order valence-electron chi connectivity index (χ1n) is 7.85. The number of nitrogens with one attached hydrogen (secondary N) is 1. The first-order chi connectivity index (χ1) is 12.4. The van der Waals surface area contributed by atoms with E-state index in [1.807, 2.05) is 24.3 Å². The summed E-state index contributed by atoms with van der Waals surface area (Å²) in [5, 5.41) is 20.9. The van der Waals surface area contributed by atoms with Crippen molar-refractivity contribution in [3.05, 3.63) is 60.3 Å². The van der Waals surface area contributed by atoms with Gasteiger partial charge in [0.05, 0.1) is 5.56 Å². The number of amides is 1. The number of carbonyl (C=O) groups excluding carboxylic acids is 1. The van der Waals surface area contributed by atoms with E-state index in [9.17, 15) is 14.4 Å².